The average molecular weight is 286 g/mol. The highest BCUT2D eigenvalue weighted by atomic mass is 16.4. The second-order valence-corrected chi connectivity index (χ2v) is 4.78. The predicted octanol–water partition coefficient (Wildman–Crippen LogP) is 2.13. The van der Waals surface area contributed by atoms with E-state index in [1.54, 1.807) is 23.6 Å². The minimum absolute atomic E-state index is 0.348. The molecule has 1 aromatic carbocycles. The van der Waals surface area contributed by atoms with Crippen LogP contribution in [0.3, 0.4) is 0 Å². The molecule has 0 saturated heterocycles. The Kier molecular flexibility index (Phi) is 4.77. The summed E-state index contributed by atoms with van der Waals surface area (Å²) in [4.78, 5) is 23.2. The molecule has 0 fully saturated rings. The van der Waals surface area contributed by atoms with Crippen molar-refractivity contribution in [3.05, 3.63) is 59.9 Å². The van der Waals surface area contributed by atoms with Gasteiger partial charge in [0.2, 0.25) is 0 Å². The second-order valence-electron chi connectivity index (χ2n) is 4.78. The molecule has 5 heteroatoms. The molecular weight excluding hydrogens is 268 g/mol. The first kappa shape index (κ1) is 14.8. The SMILES string of the molecule is CC[C@H](NC(=O)c1cccn1Cc1ccccc1)C(=O)O. The largest absolute Gasteiger partial charge is 0.480 e. The van der Waals surface area contributed by atoms with Gasteiger partial charge >= 0.3 is 5.97 Å². The van der Waals surface area contributed by atoms with Crippen molar-refractivity contribution >= 4 is 11.9 Å². The molecule has 1 atom stereocenters. The number of hydrogen-bond donors (Lipinski definition) is 2. The van der Waals surface area contributed by atoms with Crippen LogP contribution < -0.4 is 5.32 Å². The number of hydrogen-bond acceptors (Lipinski definition) is 2. The lowest BCUT2D eigenvalue weighted by Gasteiger charge is -2.14. The number of carboxylic acids is 1. The van der Waals surface area contributed by atoms with Crippen LogP contribution in [-0.2, 0) is 11.3 Å². The van der Waals surface area contributed by atoms with E-state index in [2.05, 4.69) is 5.32 Å². The Bertz CT molecular complexity index is 619. The minimum Gasteiger partial charge on any atom is -0.480 e. The summed E-state index contributed by atoms with van der Waals surface area (Å²) in [6.07, 6.45) is 2.16. The Labute approximate surface area is 123 Å². The molecule has 2 rings (SSSR count). The van der Waals surface area contributed by atoms with Crippen molar-refractivity contribution in [2.75, 3.05) is 0 Å². The zero-order chi connectivity index (χ0) is 15.2. The lowest BCUT2D eigenvalue weighted by Crippen LogP contribution is -2.41. The summed E-state index contributed by atoms with van der Waals surface area (Å²) in [7, 11) is 0. The van der Waals surface area contributed by atoms with Gasteiger partial charge < -0.3 is 15.0 Å². The van der Waals surface area contributed by atoms with E-state index in [0.717, 1.165) is 5.56 Å². The molecule has 0 spiro atoms. The lowest BCUT2D eigenvalue weighted by atomic mass is 10.2. The van der Waals surface area contributed by atoms with E-state index in [1.165, 1.54) is 0 Å². The zero-order valence-corrected chi connectivity index (χ0v) is 11.8. The van der Waals surface area contributed by atoms with Crippen molar-refractivity contribution in [2.24, 2.45) is 0 Å². The fraction of sp³-hybridized carbons (Fsp3) is 0.250. The average Bonchev–Trinajstić information content (AvgIpc) is 2.93. The van der Waals surface area contributed by atoms with Crippen LogP contribution in [0, 0.1) is 0 Å². The van der Waals surface area contributed by atoms with Gasteiger partial charge in [-0.3, -0.25) is 4.79 Å². The van der Waals surface area contributed by atoms with E-state index in [4.69, 9.17) is 5.11 Å². The van der Waals surface area contributed by atoms with E-state index < -0.39 is 12.0 Å². The molecule has 0 bridgehead atoms. The molecule has 1 aromatic heterocycles. The zero-order valence-electron chi connectivity index (χ0n) is 11.8. The fourth-order valence-corrected chi connectivity index (χ4v) is 2.11. The van der Waals surface area contributed by atoms with Crippen LogP contribution in [0.2, 0.25) is 0 Å². The summed E-state index contributed by atoms with van der Waals surface area (Å²) in [5.41, 5.74) is 1.53. The molecule has 0 saturated carbocycles. The molecule has 0 aliphatic rings. The van der Waals surface area contributed by atoms with Gasteiger partial charge in [-0.1, -0.05) is 37.3 Å². The summed E-state index contributed by atoms with van der Waals surface area (Å²) in [6.45, 7) is 2.29. The van der Waals surface area contributed by atoms with Gasteiger partial charge in [-0.2, -0.15) is 0 Å². The van der Waals surface area contributed by atoms with E-state index in [1.807, 2.05) is 36.5 Å². The number of nitrogens with one attached hydrogen (secondary N) is 1. The van der Waals surface area contributed by atoms with Crippen molar-refractivity contribution in [2.45, 2.75) is 25.9 Å². The number of aliphatic carboxylic acids is 1. The van der Waals surface area contributed by atoms with Crippen LogP contribution in [-0.4, -0.2) is 27.6 Å². The van der Waals surface area contributed by atoms with Crippen molar-refractivity contribution in [1.82, 2.24) is 9.88 Å². The number of nitrogens with zero attached hydrogens (tertiary/aromatic N) is 1. The number of amides is 1. The van der Waals surface area contributed by atoms with Crippen LogP contribution in [0.4, 0.5) is 0 Å². The number of benzene rings is 1. The first-order chi connectivity index (χ1) is 10.1. The van der Waals surface area contributed by atoms with Crippen LogP contribution >= 0.6 is 0 Å². The predicted molar refractivity (Wildman–Crippen MR) is 79.2 cm³/mol. The Hall–Kier alpha value is -2.56. The van der Waals surface area contributed by atoms with Gasteiger partial charge in [-0.15, -0.1) is 0 Å². The molecule has 21 heavy (non-hydrogen) atoms. The molecule has 0 unspecified atom stereocenters. The third kappa shape index (κ3) is 3.72. The van der Waals surface area contributed by atoms with Gasteiger partial charge in [0, 0.05) is 12.7 Å². The molecule has 110 valence electrons. The van der Waals surface area contributed by atoms with Crippen molar-refractivity contribution in [1.29, 1.82) is 0 Å². The first-order valence-electron chi connectivity index (χ1n) is 6.84. The highest BCUT2D eigenvalue weighted by Crippen LogP contribution is 2.08. The molecule has 0 aliphatic carbocycles. The quantitative estimate of drug-likeness (QED) is 0.854. The third-order valence-electron chi connectivity index (χ3n) is 3.27. The molecular formula is C16H18N2O3. The first-order valence-corrected chi connectivity index (χ1v) is 6.84. The van der Waals surface area contributed by atoms with Gasteiger partial charge in [-0.05, 0) is 24.1 Å². The molecule has 2 N–H and O–H groups in total. The maximum atomic E-state index is 12.2. The molecule has 1 heterocycles. The van der Waals surface area contributed by atoms with Gasteiger partial charge in [0.25, 0.3) is 5.91 Å². The Morgan fingerprint density at radius 2 is 1.90 bits per heavy atom. The van der Waals surface area contributed by atoms with Crippen molar-refractivity contribution in [3.8, 4) is 0 Å². The summed E-state index contributed by atoms with van der Waals surface area (Å²) in [5, 5.41) is 11.5. The van der Waals surface area contributed by atoms with Crippen LogP contribution in [0.5, 0.6) is 0 Å². The molecule has 2 aromatic rings. The fourth-order valence-electron chi connectivity index (χ4n) is 2.11. The normalized spacial score (nSPS) is 11.9. The van der Waals surface area contributed by atoms with E-state index in [-0.39, 0.29) is 5.91 Å². The number of aromatic nitrogens is 1. The van der Waals surface area contributed by atoms with E-state index >= 15 is 0 Å². The number of carbonyl (C=O) groups is 2. The highest BCUT2D eigenvalue weighted by molar-refractivity contribution is 5.95. The van der Waals surface area contributed by atoms with Gasteiger partial charge in [0.15, 0.2) is 0 Å². The number of carboxylic acid groups (broad SMARTS) is 1. The number of rotatable bonds is 6. The maximum absolute atomic E-state index is 12.2. The van der Waals surface area contributed by atoms with Crippen LogP contribution in [0.15, 0.2) is 48.7 Å². The summed E-state index contributed by atoms with van der Waals surface area (Å²) in [6, 6.07) is 12.4. The Balaban J connectivity index is 2.12. The summed E-state index contributed by atoms with van der Waals surface area (Å²) < 4.78 is 1.80. The van der Waals surface area contributed by atoms with Crippen LogP contribution in [0.1, 0.15) is 29.4 Å². The smallest absolute Gasteiger partial charge is 0.326 e. The lowest BCUT2D eigenvalue weighted by molar-refractivity contribution is -0.139. The van der Waals surface area contributed by atoms with E-state index in [0.29, 0.717) is 18.7 Å². The monoisotopic (exact) mass is 286 g/mol. The third-order valence-corrected chi connectivity index (χ3v) is 3.27. The van der Waals surface area contributed by atoms with Crippen LogP contribution in [0.25, 0.3) is 0 Å². The number of carbonyl (C=O) groups excluding carboxylic acids is 1. The molecule has 5 nitrogen and oxygen atoms in total. The minimum atomic E-state index is -1.02. The van der Waals surface area contributed by atoms with Gasteiger partial charge in [0.05, 0.1) is 0 Å². The van der Waals surface area contributed by atoms with Crippen molar-refractivity contribution in [3.63, 3.8) is 0 Å². The van der Waals surface area contributed by atoms with Crippen molar-refractivity contribution < 1.29 is 14.7 Å². The second kappa shape index (κ2) is 6.74. The highest BCUT2D eigenvalue weighted by Gasteiger charge is 2.20. The topological polar surface area (TPSA) is 71.3 Å². The van der Waals surface area contributed by atoms with Gasteiger partial charge in [0.1, 0.15) is 11.7 Å². The standard InChI is InChI=1S/C16H18N2O3/c1-2-13(16(20)21)17-15(19)14-9-6-10-18(14)11-12-7-4-3-5-8-12/h3-10,13H,2,11H2,1H3,(H,17,19)(H,20,21)/t13-/m0/s1. The Morgan fingerprint density at radius 1 is 1.19 bits per heavy atom. The molecule has 0 aliphatic heterocycles. The molecule has 0 radical (unpaired) electrons. The van der Waals surface area contributed by atoms with E-state index in [9.17, 15) is 9.59 Å². The van der Waals surface area contributed by atoms with Gasteiger partial charge in [-0.25, -0.2) is 4.79 Å². The Morgan fingerprint density at radius 3 is 2.52 bits per heavy atom. The molecule has 1 amide bonds. The maximum Gasteiger partial charge on any atom is 0.326 e. The summed E-state index contributed by atoms with van der Waals surface area (Å²) >= 11 is 0. The summed E-state index contributed by atoms with van der Waals surface area (Å²) in [5.74, 6) is -1.39.